The summed E-state index contributed by atoms with van der Waals surface area (Å²) in [4.78, 5) is 9.08. The van der Waals surface area contributed by atoms with E-state index in [-0.39, 0.29) is 0 Å². The lowest BCUT2D eigenvalue weighted by atomic mass is 10.2. The second-order valence-corrected chi connectivity index (χ2v) is 4.75. The summed E-state index contributed by atoms with van der Waals surface area (Å²) in [7, 11) is 3.63. The number of rotatable bonds is 3. The standard InChI is InChI=1S/C14H14N8/c1-15-13-12-9(4-7-22(12)20-14(16-2)19-13)10-5-8-21-11(18-10)3-6-17-21/h3-8H,1-2H3,(H2,15,16,19,20). The van der Waals surface area contributed by atoms with Gasteiger partial charge in [-0.25, -0.2) is 14.0 Å². The van der Waals surface area contributed by atoms with Crippen LogP contribution in [0.5, 0.6) is 0 Å². The van der Waals surface area contributed by atoms with Crippen LogP contribution in [0.2, 0.25) is 0 Å². The van der Waals surface area contributed by atoms with Crippen molar-refractivity contribution in [3.63, 3.8) is 0 Å². The summed E-state index contributed by atoms with van der Waals surface area (Å²) in [6.45, 7) is 0. The molecule has 0 amide bonds. The van der Waals surface area contributed by atoms with Crippen molar-refractivity contribution in [1.29, 1.82) is 0 Å². The van der Waals surface area contributed by atoms with Crippen molar-refractivity contribution in [2.75, 3.05) is 24.7 Å². The van der Waals surface area contributed by atoms with Gasteiger partial charge in [0.05, 0.1) is 11.9 Å². The van der Waals surface area contributed by atoms with Gasteiger partial charge in [-0.1, -0.05) is 0 Å². The summed E-state index contributed by atoms with van der Waals surface area (Å²) in [5, 5.41) is 14.6. The monoisotopic (exact) mass is 294 g/mol. The van der Waals surface area contributed by atoms with Gasteiger partial charge in [0.15, 0.2) is 11.5 Å². The van der Waals surface area contributed by atoms with E-state index in [2.05, 4.69) is 30.8 Å². The molecule has 0 radical (unpaired) electrons. The molecule has 0 fully saturated rings. The van der Waals surface area contributed by atoms with Gasteiger partial charge in [-0.3, -0.25) is 0 Å². The smallest absolute Gasteiger partial charge is 0.242 e. The Bertz CT molecular complexity index is 967. The number of hydrogen-bond acceptors (Lipinski definition) is 6. The Hall–Kier alpha value is -3.16. The van der Waals surface area contributed by atoms with Crippen molar-refractivity contribution in [3.05, 3.63) is 36.8 Å². The first-order valence-corrected chi connectivity index (χ1v) is 6.86. The molecule has 0 saturated carbocycles. The van der Waals surface area contributed by atoms with Gasteiger partial charge in [0, 0.05) is 38.1 Å². The van der Waals surface area contributed by atoms with E-state index in [1.54, 1.807) is 22.3 Å². The molecule has 4 aromatic heterocycles. The fourth-order valence-corrected chi connectivity index (χ4v) is 2.47. The molecular weight excluding hydrogens is 280 g/mol. The summed E-state index contributed by atoms with van der Waals surface area (Å²) in [5.74, 6) is 1.30. The third kappa shape index (κ3) is 1.77. The molecule has 0 spiro atoms. The molecular formula is C14H14N8. The Balaban J connectivity index is 1.98. The van der Waals surface area contributed by atoms with Gasteiger partial charge in [0.1, 0.15) is 5.52 Å². The number of nitrogens with one attached hydrogen (secondary N) is 2. The van der Waals surface area contributed by atoms with Crippen molar-refractivity contribution in [3.8, 4) is 11.3 Å². The van der Waals surface area contributed by atoms with Crippen LogP contribution in [0.15, 0.2) is 36.8 Å². The van der Waals surface area contributed by atoms with E-state index in [0.717, 1.165) is 28.2 Å². The van der Waals surface area contributed by atoms with Crippen LogP contribution in [0, 0.1) is 0 Å². The minimum Gasteiger partial charge on any atom is -0.371 e. The maximum atomic E-state index is 4.63. The molecule has 110 valence electrons. The molecule has 8 heteroatoms. The Labute approximate surface area is 125 Å². The lowest BCUT2D eigenvalue weighted by Gasteiger charge is -2.08. The molecule has 4 heterocycles. The molecule has 4 rings (SSSR count). The molecule has 0 aromatic carbocycles. The van der Waals surface area contributed by atoms with E-state index in [1.807, 2.05) is 37.6 Å². The topological polar surface area (TPSA) is 84.4 Å². The summed E-state index contributed by atoms with van der Waals surface area (Å²) in [5.41, 5.74) is 3.51. The average molecular weight is 294 g/mol. The van der Waals surface area contributed by atoms with E-state index in [4.69, 9.17) is 0 Å². The largest absolute Gasteiger partial charge is 0.371 e. The van der Waals surface area contributed by atoms with Gasteiger partial charge < -0.3 is 10.6 Å². The van der Waals surface area contributed by atoms with Gasteiger partial charge in [-0.05, 0) is 12.1 Å². The minimum atomic E-state index is 0.554. The lowest BCUT2D eigenvalue weighted by molar-refractivity contribution is 0.910. The second kappa shape index (κ2) is 4.69. The summed E-state index contributed by atoms with van der Waals surface area (Å²) < 4.78 is 3.53. The third-order valence-electron chi connectivity index (χ3n) is 3.51. The number of anilines is 2. The zero-order valence-electron chi connectivity index (χ0n) is 12.1. The molecule has 0 saturated heterocycles. The Morgan fingerprint density at radius 2 is 1.82 bits per heavy atom. The molecule has 0 unspecified atom stereocenters. The third-order valence-corrected chi connectivity index (χ3v) is 3.51. The Kier molecular flexibility index (Phi) is 2.68. The zero-order chi connectivity index (χ0) is 15.1. The van der Waals surface area contributed by atoms with Crippen LogP contribution in [0.3, 0.4) is 0 Å². The number of hydrogen-bond donors (Lipinski definition) is 2. The predicted octanol–water partition coefficient (Wildman–Crippen LogP) is 1.52. The van der Waals surface area contributed by atoms with Gasteiger partial charge in [-0.15, -0.1) is 5.10 Å². The molecule has 8 nitrogen and oxygen atoms in total. The van der Waals surface area contributed by atoms with Crippen LogP contribution >= 0.6 is 0 Å². The quantitative estimate of drug-likeness (QED) is 0.596. The highest BCUT2D eigenvalue weighted by Gasteiger charge is 2.14. The summed E-state index contributed by atoms with van der Waals surface area (Å²) in [6.07, 6.45) is 5.52. The predicted molar refractivity (Wildman–Crippen MR) is 84.1 cm³/mol. The van der Waals surface area contributed by atoms with Crippen LogP contribution in [-0.2, 0) is 0 Å². The highest BCUT2D eigenvalue weighted by molar-refractivity contribution is 5.87. The molecule has 2 N–H and O–H groups in total. The molecule has 0 atom stereocenters. The van der Waals surface area contributed by atoms with Crippen LogP contribution < -0.4 is 10.6 Å². The zero-order valence-corrected chi connectivity index (χ0v) is 12.1. The normalized spacial score (nSPS) is 11.2. The Morgan fingerprint density at radius 3 is 2.64 bits per heavy atom. The van der Waals surface area contributed by atoms with Crippen LogP contribution in [-0.4, -0.2) is 43.3 Å². The number of aromatic nitrogens is 6. The van der Waals surface area contributed by atoms with Gasteiger partial charge in [-0.2, -0.15) is 10.1 Å². The molecule has 0 bridgehead atoms. The number of fused-ring (bicyclic) bond motifs is 2. The maximum Gasteiger partial charge on any atom is 0.242 e. The second-order valence-electron chi connectivity index (χ2n) is 4.75. The molecule has 0 aliphatic carbocycles. The number of nitrogens with zero attached hydrogens (tertiary/aromatic N) is 6. The van der Waals surface area contributed by atoms with E-state index in [9.17, 15) is 0 Å². The minimum absolute atomic E-state index is 0.554. The van der Waals surface area contributed by atoms with E-state index in [0.29, 0.717) is 5.95 Å². The van der Waals surface area contributed by atoms with Crippen LogP contribution in [0.1, 0.15) is 0 Å². The van der Waals surface area contributed by atoms with Gasteiger partial charge in [0.25, 0.3) is 0 Å². The van der Waals surface area contributed by atoms with Crippen LogP contribution in [0.4, 0.5) is 11.8 Å². The molecule has 0 aliphatic rings. The van der Waals surface area contributed by atoms with E-state index < -0.39 is 0 Å². The first kappa shape index (κ1) is 12.6. The highest BCUT2D eigenvalue weighted by Crippen LogP contribution is 2.28. The van der Waals surface area contributed by atoms with Gasteiger partial charge in [0.2, 0.25) is 5.95 Å². The Morgan fingerprint density at radius 1 is 0.955 bits per heavy atom. The molecule has 0 aliphatic heterocycles. The lowest BCUT2D eigenvalue weighted by Crippen LogP contribution is -2.06. The van der Waals surface area contributed by atoms with Gasteiger partial charge >= 0.3 is 0 Å². The molecule has 22 heavy (non-hydrogen) atoms. The van der Waals surface area contributed by atoms with Crippen molar-refractivity contribution >= 4 is 22.9 Å². The van der Waals surface area contributed by atoms with Crippen LogP contribution in [0.25, 0.3) is 22.4 Å². The SMILES string of the molecule is CNc1nc(NC)c2c(-c3ccn4nccc4n3)ccn2n1. The van der Waals surface area contributed by atoms with Crippen molar-refractivity contribution in [1.82, 2.24) is 29.2 Å². The van der Waals surface area contributed by atoms with E-state index >= 15 is 0 Å². The summed E-state index contributed by atoms with van der Waals surface area (Å²) in [6, 6.07) is 5.79. The first-order valence-electron chi connectivity index (χ1n) is 6.86. The van der Waals surface area contributed by atoms with Crippen molar-refractivity contribution < 1.29 is 0 Å². The van der Waals surface area contributed by atoms with Crippen molar-refractivity contribution in [2.45, 2.75) is 0 Å². The fourth-order valence-electron chi connectivity index (χ4n) is 2.47. The first-order chi connectivity index (χ1) is 10.8. The van der Waals surface area contributed by atoms with Crippen molar-refractivity contribution in [2.24, 2.45) is 0 Å². The average Bonchev–Trinajstić information content (AvgIpc) is 3.19. The molecule has 4 aromatic rings. The summed E-state index contributed by atoms with van der Waals surface area (Å²) >= 11 is 0. The highest BCUT2D eigenvalue weighted by atomic mass is 15.3. The van der Waals surface area contributed by atoms with E-state index in [1.165, 1.54) is 0 Å². The fraction of sp³-hybridized carbons (Fsp3) is 0.143. The maximum absolute atomic E-state index is 4.63.